The maximum atomic E-state index is 14.7. The highest BCUT2D eigenvalue weighted by atomic mass is 19.3. The molecule has 1 nitrogen and oxygen atoms in total. The van der Waals surface area contributed by atoms with Crippen molar-refractivity contribution in [2.75, 3.05) is 6.61 Å². The van der Waals surface area contributed by atoms with Crippen LogP contribution in [0.4, 0.5) is 8.78 Å². The number of ether oxygens (including phenoxy) is 1. The highest BCUT2D eigenvalue weighted by Gasteiger charge is 2.33. The summed E-state index contributed by atoms with van der Waals surface area (Å²) in [5, 5.41) is 0. The molecule has 0 N–H and O–H groups in total. The van der Waals surface area contributed by atoms with Gasteiger partial charge in [0.2, 0.25) is 0 Å². The van der Waals surface area contributed by atoms with Crippen LogP contribution in [0.3, 0.4) is 0 Å². The molecule has 0 heterocycles. The largest absolute Gasteiger partial charge is 0.383 e. The maximum absolute atomic E-state index is 14.7. The van der Waals surface area contributed by atoms with Crippen LogP contribution in [-0.4, -0.2) is 6.61 Å². The summed E-state index contributed by atoms with van der Waals surface area (Å²) in [5.41, 5.74) is 3.50. The molecular formula is C32H40F2O. The monoisotopic (exact) mass is 478 g/mol. The van der Waals surface area contributed by atoms with Crippen molar-refractivity contribution in [3.8, 4) is 0 Å². The lowest BCUT2D eigenvalue weighted by Gasteiger charge is -2.27. The van der Waals surface area contributed by atoms with E-state index in [1.165, 1.54) is 49.7 Å². The van der Waals surface area contributed by atoms with E-state index in [0.29, 0.717) is 30.1 Å². The molecule has 0 aromatic heterocycles. The van der Waals surface area contributed by atoms with Gasteiger partial charge in [0.25, 0.3) is 0 Å². The first-order valence-corrected chi connectivity index (χ1v) is 13.4. The van der Waals surface area contributed by atoms with Crippen LogP contribution in [0.2, 0.25) is 0 Å². The maximum Gasteiger partial charge on any atom is 0.383 e. The average Bonchev–Trinajstić information content (AvgIpc) is 2.90. The second kappa shape index (κ2) is 12.1. The highest BCUT2D eigenvalue weighted by molar-refractivity contribution is 5.28. The summed E-state index contributed by atoms with van der Waals surface area (Å²) in [6.45, 7) is 5.98. The number of benzene rings is 2. The fourth-order valence-electron chi connectivity index (χ4n) is 5.89. The average molecular weight is 479 g/mol. The van der Waals surface area contributed by atoms with E-state index in [1.54, 1.807) is 12.1 Å². The lowest BCUT2D eigenvalue weighted by molar-refractivity contribution is -0.248. The number of alkyl halides is 2. The lowest BCUT2D eigenvalue weighted by atomic mass is 9.78. The SMILES string of the molecule is C=CC1CCC(c2ccc(CCOC(F)(F)c3ccc(C4CCC(/C=C/C)CC4)cc3)cc2)CC1. The molecule has 2 saturated carbocycles. The highest BCUT2D eigenvalue weighted by Crippen LogP contribution is 2.38. The zero-order chi connectivity index (χ0) is 24.7. The number of hydrogen-bond donors (Lipinski definition) is 0. The summed E-state index contributed by atoms with van der Waals surface area (Å²) in [6, 6.07) is 15.3. The van der Waals surface area contributed by atoms with Gasteiger partial charge in [0.1, 0.15) is 0 Å². The first kappa shape index (κ1) is 25.8. The van der Waals surface area contributed by atoms with Gasteiger partial charge in [-0.1, -0.05) is 66.8 Å². The molecule has 0 unspecified atom stereocenters. The Kier molecular flexibility index (Phi) is 8.94. The summed E-state index contributed by atoms with van der Waals surface area (Å²) in [5.74, 6) is 2.40. The Labute approximate surface area is 210 Å². The minimum Gasteiger partial charge on any atom is -0.316 e. The minimum absolute atomic E-state index is 0.00645. The summed E-state index contributed by atoms with van der Waals surface area (Å²) < 4.78 is 34.5. The topological polar surface area (TPSA) is 9.23 Å². The third kappa shape index (κ3) is 6.91. The predicted octanol–water partition coefficient (Wildman–Crippen LogP) is 9.30. The molecular weight excluding hydrogens is 438 g/mol. The summed E-state index contributed by atoms with van der Waals surface area (Å²) in [7, 11) is 0. The molecule has 2 aliphatic rings. The van der Waals surface area contributed by atoms with Crippen LogP contribution in [0.5, 0.6) is 0 Å². The summed E-state index contributed by atoms with van der Waals surface area (Å²) in [4.78, 5) is 0. The number of halogens is 2. The third-order valence-corrected chi connectivity index (χ3v) is 8.18. The molecule has 0 bridgehead atoms. The molecule has 35 heavy (non-hydrogen) atoms. The molecule has 0 saturated heterocycles. The second-order valence-electron chi connectivity index (χ2n) is 10.5. The minimum atomic E-state index is -3.27. The quantitative estimate of drug-likeness (QED) is 0.326. The van der Waals surface area contributed by atoms with Crippen molar-refractivity contribution >= 4 is 0 Å². The molecule has 2 fully saturated rings. The molecule has 3 heteroatoms. The van der Waals surface area contributed by atoms with Crippen molar-refractivity contribution in [1.29, 1.82) is 0 Å². The smallest absolute Gasteiger partial charge is 0.316 e. The molecule has 2 aliphatic carbocycles. The van der Waals surface area contributed by atoms with Crippen molar-refractivity contribution in [3.63, 3.8) is 0 Å². The molecule has 4 rings (SSSR count). The summed E-state index contributed by atoms with van der Waals surface area (Å²) in [6.07, 6.45) is 13.1. The third-order valence-electron chi connectivity index (χ3n) is 8.18. The van der Waals surface area contributed by atoms with Crippen LogP contribution in [-0.2, 0) is 17.3 Å². The van der Waals surface area contributed by atoms with E-state index in [-0.39, 0.29) is 12.2 Å². The number of allylic oxidation sites excluding steroid dienone is 3. The van der Waals surface area contributed by atoms with E-state index in [1.807, 2.05) is 12.1 Å². The predicted molar refractivity (Wildman–Crippen MR) is 141 cm³/mol. The first-order valence-electron chi connectivity index (χ1n) is 13.4. The van der Waals surface area contributed by atoms with E-state index in [2.05, 4.69) is 56.0 Å². The zero-order valence-corrected chi connectivity index (χ0v) is 21.1. The van der Waals surface area contributed by atoms with Gasteiger partial charge in [-0.05, 0) is 105 Å². The molecule has 2 aromatic carbocycles. The Morgan fingerprint density at radius 2 is 1.31 bits per heavy atom. The molecule has 0 spiro atoms. The number of rotatable bonds is 9. The van der Waals surface area contributed by atoms with Crippen molar-refractivity contribution in [3.05, 3.63) is 95.6 Å². The molecule has 0 aliphatic heterocycles. The normalized spacial score (nSPS) is 25.6. The molecule has 0 radical (unpaired) electrons. The second-order valence-corrected chi connectivity index (χ2v) is 10.5. The Bertz CT molecular complexity index is 944. The van der Waals surface area contributed by atoms with Crippen LogP contribution >= 0.6 is 0 Å². The van der Waals surface area contributed by atoms with Gasteiger partial charge in [-0.25, -0.2) is 0 Å². The number of hydrogen-bond acceptors (Lipinski definition) is 1. The van der Waals surface area contributed by atoms with E-state index >= 15 is 0 Å². The van der Waals surface area contributed by atoms with Crippen LogP contribution < -0.4 is 0 Å². The van der Waals surface area contributed by atoms with Gasteiger partial charge in [-0.15, -0.1) is 6.58 Å². The van der Waals surface area contributed by atoms with E-state index < -0.39 is 6.11 Å². The van der Waals surface area contributed by atoms with Crippen LogP contribution in [0.15, 0.2) is 73.3 Å². The van der Waals surface area contributed by atoms with Gasteiger partial charge in [0, 0.05) is 0 Å². The Balaban J connectivity index is 1.24. The van der Waals surface area contributed by atoms with Crippen molar-refractivity contribution in [2.24, 2.45) is 11.8 Å². The molecule has 2 aromatic rings. The van der Waals surface area contributed by atoms with E-state index in [0.717, 1.165) is 18.4 Å². The van der Waals surface area contributed by atoms with Gasteiger partial charge < -0.3 is 4.74 Å². The van der Waals surface area contributed by atoms with Crippen LogP contribution in [0.1, 0.15) is 92.4 Å². The van der Waals surface area contributed by atoms with Gasteiger partial charge >= 0.3 is 6.11 Å². The standard InChI is InChI=1S/C32H40F2O/c1-3-5-25-8-14-29(15-9-25)30-18-20-31(21-19-30)32(33,34)35-23-22-26-10-16-28(17-11-26)27-12-6-24(4-2)7-13-27/h3-5,10-11,16-21,24-25,27,29H,2,6-9,12-15,22-23H2,1H3/b5-3+. The summed E-state index contributed by atoms with van der Waals surface area (Å²) >= 11 is 0. The van der Waals surface area contributed by atoms with Gasteiger partial charge in [-0.3, -0.25) is 0 Å². The van der Waals surface area contributed by atoms with Crippen LogP contribution in [0.25, 0.3) is 0 Å². The Morgan fingerprint density at radius 3 is 1.83 bits per heavy atom. The molecule has 188 valence electrons. The van der Waals surface area contributed by atoms with E-state index in [9.17, 15) is 8.78 Å². The lowest BCUT2D eigenvalue weighted by Crippen LogP contribution is -2.20. The zero-order valence-electron chi connectivity index (χ0n) is 21.1. The van der Waals surface area contributed by atoms with Gasteiger partial charge in [0.05, 0.1) is 12.2 Å². The Hall–Kier alpha value is -2.26. The fourth-order valence-corrected chi connectivity index (χ4v) is 5.89. The molecule has 0 atom stereocenters. The first-order chi connectivity index (χ1) is 17.0. The fraction of sp³-hybridized carbons (Fsp3) is 0.500. The Morgan fingerprint density at radius 1 is 0.800 bits per heavy atom. The van der Waals surface area contributed by atoms with Crippen molar-refractivity contribution < 1.29 is 13.5 Å². The van der Waals surface area contributed by atoms with E-state index in [4.69, 9.17) is 4.74 Å². The van der Waals surface area contributed by atoms with Gasteiger partial charge in [0.15, 0.2) is 0 Å². The van der Waals surface area contributed by atoms with Crippen LogP contribution in [0, 0.1) is 11.8 Å². The van der Waals surface area contributed by atoms with Gasteiger partial charge in [-0.2, -0.15) is 8.78 Å². The van der Waals surface area contributed by atoms with Crippen molar-refractivity contribution in [1.82, 2.24) is 0 Å². The molecule has 0 amide bonds. The van der Waals surface area contributed by atoms with Crippen molar-refractivity contribution in [2.45, 2.75) is 82.7 Å².